The Morgan fingerprint density at radius 1 is 1.04 bits per heavy atom. The smallest absolute Gasteiger partial charge is 0.294 e. The van der Waals surface area contributed by atoms with Gasteiger partial charge in [0.2, 0.25) is 0 Å². The molecule has 0 spiro atoms. The molecule has 1 aromatic heterocycles. The van der Waals surface area contributed by atoms with Crippen molar-refractivity contribution < 1.29 is 4.92 Å². The van der Waals surface area contributed by atoms with Crippen LogP contribution in [0.15, 0.2) is 65.0 Å². The van der Waals surface area contributed by atoms with E-state index < -0.39 is 0 Å². The van der Waals surface area contributed by atoms with Gasteiger partial charge >= 0.3 is 0 Å². The van der Waals surface area contributed by atoms with Gasteiger partial charge in [0.1, 0.15) is 5.69 Å². The van der Waals surface area contributed by atoms with E-state index in [9.17, 15) is 10.1 Å². The van der Waals surface area contributed by atoms with E-state index in [2.05, 4.69) is 42.9 Å². The molecule has 1 atom stereocenters. The van der Waals surface area contributed by atoms with Gasteiger partial charge in [-0.25, -0.2) is 4.99 Å². The van der Waals surface area contributed by atoms with Crippen LogP contribution in [0.5, 0.6) is 0 Å². The highest BCUT2D eigenvalue weighted by atomic mass is 32.1. The molecule has 2 aromatic carbocycles. The molecule has 0 aliphatic rings. The first-order chi connectivity index (χ1) is 13.5. The molecule has 0 fully saturated rings. The summed E-state index contributed by atoms with van der Waals surface area (Å²) in [5.41, 5.74) is 2.63. The predicted octanol–water partition coefficient (Wildman–Crippen LogP) is 6.35. The van der Waals surface area contributed by atoms with Gasteiger partial charge in [-0.2, -0.15) is 0 Å². The van der Waals surface area contributed by atoms with Crippen molar-refractivity contribution in [1.29, 1.82) is 0 Å². The lowest BCUT2D eigenvalue weighted by molar-refractivity contribution is -0.384. The maximum atomic E-state index is 11.4. The van der Waals surface area contributed by atoms with Crippen LogP contribution in [0.25, 0.3) is 11.3 Å². The predicted molar refractivity (Wildman–Crippen MR) is 115 cm³/mol. The van der Waals surface area contributed by atoms with E-state index in [1.165, 1.54) is 17.4 Å². The fourth-order valence-corrected chi connectivity index (χ4v) is 4.18. The zero-order valence-electron chi connectivity index (χ0n) is 16.4. The normalized spacial score (nSPS) is 13.1. The van der Waals surface area contributed by atoms with Crippen molar-refractivity contribution >= 4 is 22.7 Å². The third-order valence-electron chi connectivity index (χ3n) is 4.71. The molecule has 5 nitrogen and oxygen atoms in total. The van der Waals surface area contributed by atoms with Crippen LogP contribution in [0, 0.1) is 16.0 Å². The van der Waals surface area contributed by atoms with Crippen LogP contribution in [-0.4, -0.2) is 9.49 Å². The van der Waals surface area contributed by atoms with Gasteiger partial charge in [0.05, 0.1) is 10.6 Å². The van der Waals surface area contributed by atoms with Gasteiger partial charge in [-0.3, -0.25) is 10.1 Å². The monoisotopic (exact) mass is 395 g/mol. The van der Waals surface area contributed by atoms with Crippen LogP contribution >= 0.6 is 11.3 Å². The number of thiazole rings is 1. The van der Waals surface area contributed by atoms with Crippen molar-refractivity contribution in [2.45, 2.75) is 39.7 Å². The second-order valence-corrected chi connectivity index (χ2v) is 8.15. The van der Waals surface area contributed by atoms with E-state index in [-0.39, 0.29) is 16.7 Å². The highest BCUT2D eigenvalue weighted by Gasteiger charge is 2.16. The first kappa shape index (κ1) is 20.0. The Morgan fingerprint density at radius 2 is 1.71 bits per heavy atom. The molecule has 0 saturated carbocycles. The van der Waals surface area contributed by atoms with Crippen molar-refractivity contribution in [2.24, 2.45) is 10.9 Å². The van der Waals surface area contributed by atoms with Gasteiger partial charge in [0.15, 0.2) is 4.80 Å². The Kier molecular flexibility index (Phi) is 6.41. The average Bonchev–Trinajstić information content (AvgIpc) is 3.10. The number of hydrogen-bond donors (Lipinski definition) is 0. The minimum Gasteiger partial charge on any atom is -0.314 e. The summed E-state index contributed by atoms with van der Waals surface area (Å²) >= 11 is 1.52. The van der Waals surface area contributed by atoms with E-state index in [0.29, 0.717) is 11.6 Å². The van der Waals surface area contributed by atoms with Gasteiger partial charge < -0.3 is 4.57 Å². The molecule has 0 bridgehead atoms. The molecule has 0 amide bonds. The molecule has 0 aliphatic carbocycles. The molecule has 0 aliphatic heterocycles. The van der Waals surface area contributed by atoms with Crippen LogP contribution in [0.1, 0.15) is 39.7 Å². The standard InChI is InChI=1S/C22H25N3O2S/c1-16(2)13-14-17(3)24-21(18-9-5-4-6-10-18)15-28-22(24)23-19-11-7-8-12-20(19)25(26)27/h4-12,15-17H,13-14H2,1-3H3. The van der Waals surface area contributed by atoms with E-state index in [0.717, 1.165) is 28.9 Å². The summed E-state index contributed by atoms with van der Waals surface area (Å²) in [4.78, 5) is 16.5. The molecule has 0 N–H and O–H groups in total. The summed E-state index contributed by atoms with van der Waals surface area (Å²) in [7, 11) is 0. The second kappa shape index (κ2) is 8.97. The Hall–Kier alpha value is -2.73. The van der Waals surface area contributed by atoms with Gasteiger partial charge in [0.25, 0.3) is 5.69 Å². The number of rotatable bonds is 7. The largest absolute Gasteiger partial charge is 0.314 e. The number of hydrogen-bond acceptors (Lipinski definition) is 4. The SMILES string of the molecule is CC(C)CCC(C)n1c(-c2ccccc2)csc1=Nc1ccccc1[N+](=O)[O-]. The van der Waals surface area contributed by atoms with Crippen molar-refractivity contribution in [3.05, 3.63) is 74.9 Å². The van der Waals surface area contributed by atoms with Gasteiger partial charge in [0, 0.05) is 17.5 Å². The number of aromatic nitrogens is 1. The van der Waals surface area contributed by atoms with Crippen LogP contribution in [0.2, 0.25) is 0 Å². The summed E-state index contributed by atoms with van der Waals surface area (Å²) in [5.74, 6) is 0.623. The van der Waals surface area contributed by atoms with Crippen molar-refractivity contribution in [3.8, 4) is 11.3 Å². The third kappa shape index (κ3) is 4.57. The summed E-state index contributed by atoms with van der Waals surface area (Å²) < 4.78 is 2.22. The van der Waals surface area contributed by atoms with E-state index in [1.54, 1.807) is 18.2 Å². The van der Waals surface area contributed by atoms with Crippen molar-refractivity contribution in [2.75, 3.05) is 0 Å². The number of nitro groups is 1. The Bertz CT molecular complexity index is 1010. The molecule has 0 saturated heterocycles. The molecule has 3 aromatic rings. The molecule has 3 rings (SSSR count). The molecular weight excluding hydrogens is 370 g/mol. The van der Waals surface area contributed by atoms with Crippen LogP contribution in [0.3, 0.4) is 0 Å². The lowest BCUT2D eigenvalue weighted by Crippen LogP contribution is -2.20. The zero-order chi connectivity index (χ0) is 20.1. The third-order valence-corrected chi connectivity index (χ3v) is 5.55. The highest BCUT2D eigenvalue weighted by Crippen LogP contribution is 2.29. The van der Waals surface area contributed by atoms with Gasteiger partial charge in [-0.1, -0.05) is 56.3 Å². The molecule has 1 unspecified atom stereocenters. The molecule has 146 valence electrons. The Morgan fingerprint density at radius 3 is 2.39 bits per heavy atom. The molecule has 1 heterocycles. The fraction of sp³-hybridized carbons (Fsp3) is 0.318. The lowest BCUT2D eigenvalue weighted by atomic mass is 10.0. The number of para-hydroxylation sites is 2. The van der Waals surface area contributed by atoms with Crippen LogP contribution in [0.4, 0.5) is 11.4 Å². The Labute approximate surface area is 169 Å². The maximum Gasteiger partial charge on any atom is 0.294 e. The first-order valence-corrected chi connectivity index (χ1v) is 10.4. The summed E-state index contributed by atoms with van der Waals surface area (Å²) in [5, 5.41) is 13.5. The molecule has 0 radical (unpaired) electrons. The van der Waals surface area contributed by atoms with Crippen molar-refractivity contribution in [3.63, 3.8) is 0 Å². The number of benzene rings is 2. The topological polar surface area (TPSA) is 60.4 Å². The molecular formula is C22H25N3O2S. The fourth-order valence-electron chi connectivity index (χ4n) is 3.17. The number of nitro benzene ring substituents is 1. The number of nitrogens with zero attached hydrogens (tertiary/aromatic N) is 3. The minimum absolute atomic E-state index is 0.0264. The van der Waals surface area contributed by atoms with Gasteiger partial charge in [-0.05, 0) is 37.3 Å². The average molecular weight is 396 g/mol. The van der Waals surface area contributed by atoms with E-state index >= 15 is 0 Å². The van der Waals surface area contributed by atoms with E-state index in [4.69, 9.17) is 4.99 Å². The lowest BCUT2D eigenvalue weighted by Gasteiger charge is -2.18. The molecule has 28 heavy (non-hydrogen) atoms. The summed E-state index contributed by atoms with van der Waals surface area (Å²) in [6, 6.07) is 17.1. The van der Waals surface area contributed by atoms with Crippen LogP contribution < -0.4 is 4.80 Å². The van der Waals surface area contributed by atoms with Crippen molar-refractivity contribution in [1.82, 2.24) is 4.57 Å². The quantitative estimate of drug-likeness (QED) is 0.345. The van der Waals surface area contributed by atoms with Crippen LogP contribution in [-0.2, 0) is 0 Å². The maximum absolute atomic E-state index is 11.4. The highest BCUT2D eigenvalue weighted by molar-refractivity contribution is 7.07. The first-order valence-electron chi connectivity index (χ1n) is 9.51. The molecule has 6 heteroatoms. The Balaban J connectivity index is 2.14. The minimum atomic E-state index is -0.378. The summed E-state index contributed by atoms with van der Waals surface area (Å²) in [6.07, 6.45) is 2.14. The van der Waals surface area contributed by atoms with Gasteiger partial charge in [-0.15, -0.1) is 11.3 Å². The zero-order valence-corrected chi connectivity index (χ0v) is 17.2. The second-order valence-electron chi connectivity index (χ2n) is 7.32. The summed E-state index contributed by atoms with van der Waals surface area (Å²) in [6.45, 7) is 6.64. The van der Waals surface area contributed by atoms with E-state index in [1.807, 2.05) is 18.2 Å².